The van der Waals surface area contributed by atoms with Gasteiger partial charge in [-0.1, -0.05) is 13.8 Å². The topological polar surface area (TPSA) is 61.0 Å². The molecule has 0 bridgehead atoms. The zero-order valence-electron chi connectivity index (χ0n) is 11.1. The minimum absolute atomic E-state index is 0.0850. The van der Waals surface area contributed by atoms with Gasteiger partial charge in [0, 0.05) is 12.6 Å². The highest BCUT2D eigenvalue weighted by atomic mass is 16.1. The second kappa shape index (κ2) is 6.51. The molecule has 0 unspecified atom stereocenters. The van der Waals surface area contributed by atoms with Gasteiger partial charge in [0.05, 0.1) is 12.2 Å². The Bertz CT molecular complexity index is 398. The van der Waals surface area contributed by atoms with E-state index in [9.17, 15) is 4.79 Å². The highest BCUT2D eigenvalue weighted by Crippen LogP contribution is 1.96. The maximum atomic E-state index is 11.4. The third kappa shape index (κ3) is 5.60. The van der Waals surface area contributed by atoms with Crippen molar-refractivity contribution in [1.29, 1.82) is 0 Å². The van der Waals surface area contributed by atoms with Crippen molar-refractivity contribution in [3.8, 4) is 0 Å². The molecule has 17 heavy (non-hydrogen) atoms. The molecule has 0 fully saturated rings. The highest BCUT2D eigenvalue weighted by molar-refractivity contribution is 5.02. The molecule has 0 aliphatic heterocycles. The van der Waals surface area contributed by atoms with Gasteiger partial charge in [-0.05, 0) is 26.6 Å². The van der Waals surface area contributed by atoms with E-state index in [4.69, 9.17) is 0 Å². The van der Waals surface area contributed by atoms with E-state index in [1.54, 1.807) is 6.07 Å². The normalized spacial score (nSPS) is 11.4. The molecular weight excluding hydrogens is 216 g/mol. The Hall–Kier alpha value is -1.20. The van der Waals surface area contributed by atoms with Crippen molar-refractivity contribution in [3.05, 3.63) is 27.9 Å². The zero-order valence-corrected chi connectivity index (χ0v) is 11.1. The van der Waals surface area contributed by atoms with Crippen LogP contribution in [0, 0.1) is 5.92 Å². The Morgan fingerprint density at radius 3 is 2.76 bits per heavy atom. The third-order valence-electron chi connectivity index (χ3n) is 2.17. The molecular formula is C12H22N4O. The Morgan fingerprint density at radius 1 is 1.47 bits per heavy atom. The first-order chi connectivity index (χ1) is 7.97. The van der Waals surface area contributed by atoms with Crippen molar-refractivity contribution in [2.75, 3.05) is 20.6 Å². The van der Waals surface area contributed by atoms with E-state index in [2.05, 4.69) is 29.1 Å². The molecule has 0 spiro atoms. The average molecular weight is 238 g/mol. The summed E-state index contributed by atoms with van der Waals surface area (Å²) in [5.41, 5.74) is 0.712. The van der Waals surface area contributed by atoms with Crippen LogP contribution in [0.1, 0.15) is 25.4 Å². The SMILES string of the molecule is CC(C)CNCc1cc(=O)[nH]c(CN(C)C)n1. The quantitative estimate of drug-likeness (QED) is 0.761. The van der Waals surface area contributed by atoms with Gasteiger partial charge in [-0.15, -0.1) is 0 Å². The molecule has 1 rings (SSSR count). The molecule has 0 radical (unpaired) electrons. The number of hydrogen-bond donors (Lipinski definition) is 2. The summed E-state index contributed by atoms with van der Waals surface area (Å²) in [5.74, 6) is 1.31. The van der Waals surface area contributed by atoms with Crippen LogP contribution in [0.4, 0.5) is 0 Å². The standard InChI is InChI=1S/C12H22N4O/c1-9(2)6-13-7-10-5-12(17)15-11(14-10)8-16(3)4/h5,9,13H,6-8H2,1-4H3,(H,14,15,17). The molecule has 0 aliphatic carbocycles. The van der Waals surface area contributed by atoms with Gasteiger partial charge in [-0.2, -0.15) is 0 Å². The van der Waals surface area contributed by atoms with E-state index >= 15 is 0 Å². The number of nitrogens with zero attached hydrogens (tertiary/aromatic N) is 2. The van der Waals surface area contributed by atoms with Crippen LogP contribution in [-0.2, 0) is 13.1 Å². The maximum absolute atomic E-state index is 11.4. The minimum atomic E-state index is -0.0850. The minimum Gasteiger partial charge on any atom is -0.311 e. The summed E-state index contributed by atoms with van der Waals surface area (Å²) >= 11 is 0. The summed E-state index contributed by atoms with van der Waals surface area (Å²) in [4.78, 5) is 20.6. The summed E-state index contributed by atoms with van der Waals surface area (Å²) in [6, 6.07) is 1.55. The molecule has 2 N–H and O–H groups in total. The molecule has 1 heterocycles. The Kier molecular flexibility index (Phi) is 5.31. The van der Waals surface area contributed by atoms with Gasteiger partial charge >= 0.3 is 0 Å². The summed E-state index contributed by atoms with van der Waals surface area (Å²) in [6.07, 6.45) is 0. The number of rotatable bonds is 6. The molecule has 0 atom stereocenters. The predicted molar refractivity (Wildman–Crippen MR) is 68.8 cm³/mol. The van der Waals surface area contributed by atoms with Crippen LogP contribution in [0.3, 0.4) is 0 Å². The van der Waals surface area contributed by atoms with Crippen LogP contribution in [0.25, 0.3) is 0 Å². The lowest BCUT2D eigenvalue weighted by Crippen LogP contribution is -2.23. The highest BCUT2D eigenvalue weighted by Gasteiger charge is 2.03. The molecule has 0 aromatic carbocycles. The van der Waals surface area contributed by atoms with Gasteiger partial charge in [-0.3, -0.25) is 4.79 Å². The lowest BCUT2D eigenvalue weighted by Gasteiger charge is -2.10. The zero-order chi connectivity index (χ0) is 12.8. The van der Waals surface area contributed by atoms with E-state index in [0.717, 1.165) is 12.2 Å². The fourth-order valence-electron chi connectivity index (χ4n) is 1.52. The van der Waals surface area contributed by atoms with E-state index in [-0.39, 0.29) is 5.56 Å². The van der Waals surface area contributed by atoms with Crippen molar-refractivity contribution in [2.45, 2.75) is 26.9 Å². The van der Waals surface area contributed by atoms with E-state index in [1.165, 1.54) is 0 Å². The van der Waals surface area contributed by atoms with Crippen molar-refractivity contribution < 1.29 is 0 Å². The maximum Gasteiger partial charge on any atom is 0.251 e. The molecule has 1 aromatic heterocycles. The van der Waals surface area contributed by atoms with E-state index in [1.807, 2.05) is 19.0 Å². The Morgan fingerprint density at radius 2 is 2.18 bits per heavy atom. The number of nitrogens with one attached hydrogen (secondary N) is 2. The summed E-state index contributed by atoms with van der Waals surface area (Å²) in [6.45, 7) is 6.51. The summed E-state index contributed by atoms with van der Waals surface area (Å²) < 4.78 is 0. The molecule has 96 valence electrons. The van der Waals surface area contributed by atoms with Crippen LogP contribution in [-0.4, -0.2) is 35.5 Å². The van der Waals surface area contributed by atoms with E-state index < -0.39 is 0 Å². The summed E-state index contributed by atoms with van der Waals surface area (Å²) in [5, 5.41) is 3.28. The molecule has 1 aromatic rings. The molecule has 0 saturated carbocycles. The van der Waals surface area contributed by atoms with Crippen molar-refractivity contribution in [2.24, 2.45) is 5.92 Å². The molecule has 0 saturated heterocycles. The molecule has 5 nitrogen and oxygen atoms in total. The Labute approximate surface area is 102 Å². The number of hydrogen-bond acceptors (Lipinski definition) is 4. The largest absolute Gasteiger partial charge is 0.311 e. The van der Waals surface area contributed by atoms with Gasteiger partial charge in [0.2, 0.25) is 0 Å². The fourth-order valence-corrected chi connectivity index (χ4v) is 1.52. The van der Waals surface area contributed by atoms with Gasteiger partial charge in [0.1, 0.15) is 5.82 Å². The fraction of sp³-hybridized carbons (Fsp3) is 0.667. The van der Waals surface area contributed by atoms with E-state index in [0.29, 0.717) is 24.8 Å². The molecule has 0 amide bonds. The van der Waals surface area contributed by atoms with Crippen LogP contribution in [0.2, 0.25) is 0 Å². The molecule has 5 heteroatoms. The van der Waals surface area contributed by atoms with Crippen molar-refractivity contribution in [1.82, 2.24) is 20.2 Å². The second-order valence-electron chi connectivity index (χ2n) is 4.95. The molecule has 0 aliphatic rings. The second-order valence-corrected chi connectivity index (χ2v) is 4.95. The van der Waals surface area contributed by atoms with Gasteiger partial charge in [-0.25, -0.2) is 4.98 Å². The lowest BCUT2D eigenvalue weighted by atomic mass is 10.2. The van der Waals surface area contributed by atoms with Gasteiger partial charge in [0.25, 0.3) is 5.56 Å². The summed E-state index contributed by atoms with van der Waals surface area (Å²) in [7, 11) is 3.90. The predicted octanol–water partition coefficient (Wildman–Crippen LogP) is 0.577. The number of H-pyrrole nitrogens is 1. The van der Waals surface area contributed by atoms with Gasteiger partial charge < -0.3 is 15.2 Å². The van der Waals surface area contributed by atoms with Crippen molar-refractivity contribution >= 4 is 0 Å². The number of aromatic nitrogens is 2. The Balaban J connectivity index is 2.65. The van der Waals surface area contributed by atoms with Crippen LogP contribution in [0.5, 0.6) is 0 Å². The van der Waals surface area contributed by atoms with Crippen LogP contribution in [0.15, 0.2) is 10.9 Å². The van der Waals surface area contributed by atoms with Crippen LogP contribution >= 0.6 is 0 Å². The first kappa shape index (κ1) is 13.9. The first-order valence-corrected chi connectivity index (χ1v) is 5.92. The van der Waals surface area contributed by atoms with Crippen molar-refractivity contribution in [3.63, 3.8) is 0 Å². The van der Waals surface area contributed by atoms with Crippen LogP contribution < -0.4 is 10.9 Å². The third-order valence-corrected chi connectivity index (χ3v) is 2.17. The monoisotopic (exact) mass is 238 g/mol. The number of aromatic amines is 1. The lowest BCUT2D eigenvalue weighted by molar-refractivity contribution is 0.388. The van der Waals surface area contributed by atoms with Gasteiger partial charge in [0.15, 0.2) is 0 Å². The average Bonchev–Trinajstić information content (AvgIpc) is 2.14. The smallest absolute Gasteiger partial charge is 0.251 e. The first-order valence-electron chi connectivity index (χ1n) is 5.92.